The number of hydrogen-bond acceptors (Lipinski definition) is 3. The maximum atomic E-state index is 6.36. The third-order valence-corrected chi connectivity index (χ3v) is 9.38. The van der Waals surface area contributed by atoms with E-state index < -0.39 is 0 Å². The Labute approximate surface area is 206 Å². The summed E-state index contributed by atoms with van der Waals surface area (Å²) in [5, 5.41) is 2.69. The summed E-state index contributed by atoms with van der Waals surface area (Å²) in [7, 11) is 0. The van der Waals surface area contributed by atoms with E-state index in [1.807, 2.05) is 28.7 Å². The highest BCUT2D eigenvalue weighted by Gasteiger charge is 2.34. The Bertz CT molecular complexity index is 1720. The Hall–Kier alpha value is -3.40. The van der Waals surface area contributed by atoms with Gasteiger partial charge in [0.05, 0.1) is 0 Å². The lowest BCUT2D eigenvalue weighted by atomic mass is 9.75. The minimum absolute atomic E-state index is 0.0832. The molecule has 34 heavy (non-hydrogen) atoms. The molecule has 0 saturated carbocycles. The monoisotopic (exact) mass is 474 g/mol. The van der Waals surface area contributed by atoms with E-state index in [0.29, 0.717) is 0 Å². The number of benzene rings is 4. The van der Waals surface area contributed by atoms with Crippen LogP contribution in [-0.4, -0.2) is 0 Å². The van der Waals surface area contributed by atoms with Gasteiger partial charge in [0.25, 0.3) is 0 Å². The zero-order valence-corrected chi connectivity index (χ0v) is 20.6. The molecule has 0 N–H and O–H groups in total. The van der Waals surface area contributed by atoms with Crippen molar-refractivity contribution in [3.05, 3.63) is 108 Å². The van der Waals surface area contributed by atoms with Crippen LogP contribution in [0.3, 0.4) is 0 Å². The highest BCUT2D eigenvalue weighted by Crippen LogP contribution is 2.49. The summed E-state index contributed by atoms with van der Waals surface area (Å²) in [5.41, 5.74) is 4.92. The summed E-state index contributed by atoms with van der Waals surface area (Å²) in [6.07, 6.45) is 0. The van der Waals surface area contributed by atoms with Crippen molar-refractivity contribution in [1.82, 2.24) is 0 Å². The molecule has 2 aromatic heterocycles. The smallest absolute Gasteiger partial charge is 0.132 e. The van der Waals surface area contributed by atoms with Crippen molar-refractivity contribution < 1.29 is 4.74 Å². The van der Waals surface area contributed by atoms with E-state index in [9.17, 15) is 0 Å². The van der Waals surface area contributed by atoms with Gasteiger partial charge in [-0.2, -0.15) is 0 Å². The van der Waals surface area contributed by atoms with E-state index in [1.54, 1.807) is 0 Å². The summed E-state index contributed by atoms with van der Waals surface area (Å²) < 4.78 is 9.07. The van der Waals surface area contributed by atoms with Gasteiger partial charge in [-0.15, -0.1) is 22.7 Å². The zero-order chi connectivity index (χ0) is 22.9. The van der Waals surface area contributed by atoms with Crippen LogP contribution >= 0.6 is 22.7 Å². The van der Waals surface area contributed by atoms with Crippen LogP contribution in [0.4, 0.5) is 0 Å². The lowest BCUT2D eigenvalue weighted by molar-refractivity contribution is 0.418. The van der Waals surface area contributed by atoms with Crippen molar-refractivity contribution in [3.63, 3.8) is 0 Å². The van der Waals surface area contributed by atoms with Gasteiger partial charge in [0.1, 0.15) is 11.5 Å². The van der Waals surface area contributed by atoms with E-state index in [2.05, 4.69) is 105 Å². The minimum atomic E-state index is -0.0832. The molecule has 0 spiro atoms. The lowest BCUT2D eigenvalue weighted by Crippen LogP contribution is -2.24. The van der Waals surface area contributed by atoms with Crippen molar-refractivity contribution in [3.8, 4) is 32.4 Å². The molecule has 0 bridgehead atoms. The van der Waals surface area contributed by atoms with Gasteiger partial charge < -0.3 is 4.74 Å². The fourth-order valence-electron chi connectivity index (χ4n) is 5.19. The highest BCUT2D eigenvalue weighted by molar-refractivity contribution is 7.27. The second-order valence-electron chi connectivity index (χ2n) is 9.38. The van der Waals surface area contributed by atoms with Crippen LogP contribution in [0.2, 0.25) is 0 Å². The van der Waals surface area contributed by atoms with Crippen molar-refractivity contribution in [1.29, 1.82) is 0 Å². The average Bonchev–Trinajstić information content (AvgIpc) is 3.49. The largest absolute Gasteiger partial charge is 0.457 e. The standard InChI is InChI=1S/C31H22OS2/c1-31(2)23-11-4-5-12-25(23)32-26-18-19(14-15-24(26)31)27-16-17-29(33-27)22-10-7-9-21-20-8-3-6-13-28(20)34-30(21)22/h3-18H,1-2H3. The van der Waals surface area contributed by atoms with E-state index in [4.69, 9.17) is 4.74 Å². The van der Waals surface area contributed by atoms with Crippen molar-refractivity contribution in [2.24, 2.45) is 0 Å². The van der Waals surface area contributed by atoms with Gasteiger partial charge in [0, 0.05) is 52.0 Å². The molecule has 0 fully saturated rings. The Balaban J connectivity index is 1.31. The van der Waals surface area contributed by atoms with Gasteiger partial charge in [-0.25, -0.2) is 0 Å². The zero-order valence-electron chi connectivity index (χ0n) is 19.0. The second-order valence-corrected chi connectivity index (χ2v) is 11.5. The molecule has 1 aliphatic rings. The maximum Gasteiger partial charge on any atom is 0.132 e. The summed E-state index contributed by atoms with van der Waals surface area (Å²) in [6, 6.07) is 35.0. The Morgan fingerprint density at radius 3 is 2.32 bits per heavy atom. The molecule has 1 nitrogen and oxygen atoms in total. The predicted octanol–water partition coefficient (Wildman–Crippen LogP) is 9.88. The maximum absolute atomic E-state index is 6.36. The van der Waals surface area contributed by atoms with Gasteiger partial charge in [-0.1, -0.05) is 80.6 Å². The van der Waals surface area contributed by atoms with Crippen LogP contribution in [0.15, 0.2) is 97.1 Å². The van der Waals surface area contributed by atoms with Crippen LogP contribution in [0.1, 0.15) is 25.0 Å². The van der Waals surface area contributed by atoms with Crippen LogP contribution in [-0.2, 0) is 5.41 Å². The normalized spacial score (nSPS) is 14.1. The number of ether oxygens (including phenoxy) is 1. The van der Waals surface area contributed by atoms with Crippen LogP contribution in [0, 0.1) is 0 Å². The van der Waals surface area contributed by atoms with E-state index in [-0.39, 0.29) is 5.41 Å². The van der Waals surface area contributed by atoms with Gasteiger partial charge in [-0.05, 0) is 35.9 Å². The summed E-state index contributed by atoms with van der Waals surface area (Å²) in [5.74, 6) is 1.92. The molecule has 1 aliphatic heterocycles. The molecular weight excluding hydrogens is 452 g/mol. The Morgan fingerprint density at radius 2 is 1.38 bits per heavy atom. The van der Waals surface area contributed by atoms with Gasteiger partial charge in [0.2, 0.25) is 0 Å². The first-order valence-electron chi connectivity index (χ1n) is 11.5. The molecule has 6 aromatic rings. The van der Waals surface area contributed by atoms with Gasteiger partial charge in [-0.3, -0.25) is 0 Å². The van der Waals surface area contributed by atoms with Crippen molar-refractivity contribution >= 4 is 42.8 Å². The first-order chi connectivity index (χ1) is 16.6. The molecule has 0 aliphatic carbocycles. The van der Waals surface area contributed by atoms with E-state index >= 15 is 0 Å². The molecule has 4 aromatic carbocycles. The molecule has 0 amide bonds. The fourth-order valence-corrected chi connectivity index (χ4v) is 7.52. The summed E-state index contributed by atoms with van der Waals surface area (Å²) in [6.45, 7) is 4.56. The quantitative estimate of drug-likeness (QED) is 0.243. The number of para-hydroxylation sites is 1. The molecule has 164 valence electrons. The molecule has 0 radical (unpaired) electrons. The molecule has 0 atom stereocenters. The number of hydrogen-bond donors (Lipinski definition) is 0. The number of thiophene rings is 2. The summed E-state index contributed by atoms with van der Waals surface area (Å²) >= 11 is 3.74. The highest BCUT2D eigenvalue weighted by atomic mass is 32.1. The lowest BCUT2D eigenvalue weighted by Gasteiger charge is -2.34. The Morgan fingerprint density at radius 1 is 0.618 bits per heavy atom. The average molecular weight is 475 g/mol. The SMILES string of the molecule is CC1(C)c2ccccc2Oc2cc(-c3ccc(-c4cccc5c4sc4ccccc45)s3)ccc21. The van der Waals surface area contributed by atoms with Gasteiger partial charge >= 0.3 is 0 Å². The van der Waals surface area contributed by atoms with Gasteiger partial charge in [0.15, 0.2) is 0 Å². The fraction of sp³-hybridized carbons (Fsp3) is 0.0968. The van der Waals surface area contributed by atoms with Crippen molar-refractivity contribution in [2.75, 3.05) is 0 Å². The summed E-state index contributed by atoms with van der Waals surface area (Å²) in [4.78, 5) is 2.56. The molecule has 3 heterocycles. The third-order valence-electron chi connectivity index (χ3n) is 7.00. The first kappa shape index (κ1) is 20.0. The van der Waals surface area contributed by atoms with E-state index in [1.165, 1.54) is 52.2 Å². The van der Waals surface area contributed by atoms with Crippen molar-refractivity contribution in [2.45, 2.75) is 19.3 Å². The number of fused-ring (bicyclic) bond motifs is 5. The van der Waals surface area contributed by atoms with Crippen LogP contribution in [0.25, 0.3) is 41.1 Å². The number of rotatable bonds is 2. The van der Waals surface area contributed by atoms with Crippen LogP contribution in [0.5, 0.6) is 11.5 Å². The van der Waals surface area contributed by atoms with E-state index in [0.717, 1.165) is 11.5 Å². The van der Waals surface area contributed by atoms with Crippen LogP contribution < -0.4 is 4.74 Å². The second kappa shape index (κ2) is 7.30. The molecule has 0 saturated heterocycles. The minimum Gasteiger partial charge on any atom is -0.457 e. The molecule has 0 unspecified atom stereocenters. The first-order valence-corrected chi connectivity index (χ1v) is 13.2. The topological polar surface area (TPSA) is 9.23 Å². The Kier molecular flexibility index (Phi) is 4.30. The predicted molar refractivity (Wildman–Crippen MR) is 147 cm³/mol. The molecular formula is C31H22OS2. The third kappa shape index (κ3) is 2.91. The molecule has 7 rings (SSSR count). The molecule has 3 heteroatoms.